The van der Waals surface area contributed by atoms with E-state index >= 15 is 0 Å². The van der Waals surface area contributed by atoms with Crippen molar-refractivity contribution in [1.29, 1.82) is 0 Å². The second-order valence-electron chi connectivity index (χ2n) is 7.94. The fourth-order valence-corrected chi connectivity index (χ4v) is 6.18. The van der Waals surface area contributed by atoms with Gasteiger partial charge in [0, 0.05) is 25.6 Å². The Morgan fingerprint density at radius 3 is 2.37 bits per heavy atom. The number of likely N-dealkylation sites (tertiary alicyclic amines) is 1. The zero-order valence-electron chi connectivity index (χ0n) is 15.5. The van der Waals surface area contributed by atoms with E-state index in [1.165, 1.54) is 0 Å². The fourth-order valence-electron chi connectivity index (χ4n) is 4.88. The minimum atomic E-state index is -3.27. The molecular formula is C22H27NO3S. The van der Waals surface area contributed by atoms with Crippen LogP contribution >= 0.6 is 0 Å². The molecule has 4 rings (SSSR count). The van der Waals surface area contributed by atoms with Crippen LogP contribution in [0.4, 0.5) is 0 Å². The third-order valence-corrected chi connectivity index (χ3v) is 8.03. The Bertz CT molecular complexity index is 869. The lowest BCUT2D eigenvalue weighted by molar-refractivity contribution is -0.0647. The van der Waals surface area contributed by atoms with Crippen LogP contribution in [0.25, 0.3) is 0 Å². The van der Waals surface area contributed by atoms with Crippen LogP contribution in [0.5, 0.6) is 0 Å². The molecule has 1 N–H and O–H groups in total. The van der Waals surface area contributed by atoms with Gasteiger partial charge >= 0.3 is 0 Å². The molecule has 27 heavy (non-hydrogen) atoms. The van der Waals surface area contributed by atoms with Crippen molar-refractivity contribution in [1.82, 2.24) is 4.90 Å². The van der Waals surface area contributed by atoms with Gasteiger partial charge in [0.1, 0.15) is 0 Å². The third-order valence-electron chi connectivity index (χ3n) is 6.32. The van der Waals surface area contributed by atoms with Crippen molar-refractivity contribution in [2.75, 3.05) is 25.4 Å². The van der Waals surface area contributed by atoms with E-state index in [1.54, 1.807) is 24.3 Å². The van der Waals surface area contributed by atoms with Crippen molar-refractivity contribution in [2.24, 2.45) is 11.8 Å². The fraction of sp³-hybridized carbons (Fsp3) is 0.455. The molecule has 2 aliphatic rings. The summed E-state index contributed by atoms with van der Waals surface area (Å²) in [6.07, 6.45) is 2.92. The normalized spacial score (nSPS) is 28.8. The Labute approximate surface area is 161 Å². The molecule has 0 aromatic heterocycles. The summed E-state index contributed by atoms with van der Waals surface area (Å²) in [6, 6.07) is 18.6. The van der Waals surface area contributed by atoms with Crippen molar-refractivity contribution in [3.8, 4) is 0 Å². The molecule has 1 aliphatic heterocycles. The molecule has 0 amide bonds. The molecule has 5 heteroatoms. The maximum absolute atomic E-state index is 12.6. The van der Waals surface area contributed by atoms with Gasteiger partial charge in [0.15, 0.2) is 9.84 Å². The van der Waals surface area contributed by atoms with Gasteiger partial charge in [-0.1, -0.05) is 48.5 Å². The van der Waals surface area contributed by atoms with E-state index in [0.29, 0.717) is 17.4 Å². The summed E-state index contributed by atoms with van der Waals surface area (Å²) in [5.74, 6) is 0.733. The maximum Gasteiger partial charge on any atom is 0.179 e. The molecule has 1 heterocycles. The van der Waals surface area contributed by atoms with Crippen LogP contribution in [0.15, 0.2) is 65.6 Å². The Kier molecular flexibility index (Phi) is 5.10. The van der Waals surface area contributed by atoms with Crippen LogP contribution in [0.1, 0.15) is 24.8 Å². The minimum Gasteiger partial charge on any atom is -0.385 e. The quantitative estimate of drug-likeness (QED) is 0.859. The SMILES string of the molecule is O=S(=O)(CCN1C[C@@H]2CCC[C@@](O)(c3ccccc3)[C@@H]2C1)c1ccccc1. The first-order valence-electron chi connectivity index (χ1n) is 9.77. The summed E-state index contributed by atoms with van der Waals surface area (Å²) in [7, 11) is -3.27. The van der Waals surface area contributed by atoms with Crippen LogP contribution in [0.2, 0.25) is 0 Å². The third kappa shape index (κ3) is 3.68. The van der Waals surface area contributed by atoms with E-state index in [4.69, 9.17) is 0 Å². The monoisotopic (exact) mass is 385 g/mol. The van der Waals surface area contributed by atoms with Gasteiger partial charge in [0.05, 0.1) is 16.2 Å². The van der Waals surface area contributed by atoms with Gasteiger partial charge in [-0.15, -0.1) is 0 Å². The number of fused-ring (bicyclic) bond motifs is 1. The number of hydrogen-bond acceptors (Lipinski definition) is 4. The maximum atomic E-state index is 12.6. The summed E-state index contributed by atoms with van der Waals surface area (Å²) in [5.41, 5.74) is 0.204. The number of benzene rings is 2. The van der Waals surface area contributed by atoms with E-state index in [0.717, 1.165) is 37.9 Å². The molecule has 2 fully saturated rings. The summed E-state index contributed by atoms with van der Waals surface area (Å²) >= 11 is 0. The standard InChI is InChI=1S/C22H27NO3S/c24-22(19-9-3-1-4-10-19)13-7-8-18-16-23(17-21(18)22)14-15-27(25,26)20-11-5-2-6-12-20/h1-6,9-12,18,21,24H,7-8,13-17H2/t18-,21+,22+/m0/s1. The Morgan fingerprint density at radius 2 is 1.67 bits per heavy atom. The van der Waals surface area contributed by atoms with Crippen molar-refractivity contribution in [2.45, 2.75) is 29.8 Å². The molecule has 2 aromatic carbocycles. The highest BCUT2D eigenvalue weighted by Gasteiger charge is 2.49. The molecule has 2 aromatic rings. The molecule has 144 valence electrons. The second-order valence-corrected chi connectivity index (χ2v) is 10.0. The number of hydrogen-bond donors (Lipinski definition) is 1. The van der Waals surface area contributed by atoms with Gasteiger partial charge in [-0.3, -0.25) is 0 Å². The smallest absolute Gasteiger partial charge is 0.179 e. The van der Waals surface area contributed by atoms with Crippen LogP contribution < -0.4 is 0 Å². The molecule has 1 aliphatic carbocycles. The lowest BCUT2D eigenvalue weighted by Crippen LogP contribution is -2.42. The van der Waals surface area contributed by atoms with Crippen molar-refractivity contribution in [3.05, 3.63) is 66.2 Å². The predicted octanol–water partition coefficient (Wildman–Crippen LogP) is 3.08. The van der Waals surface area contributed by atoms with E-state index in [1.807, 2.05) is 36.4 Å². The molecule has 1 saturated carbocycles. The van der Waals surface area contributed by atoms with Crippen LogP contribution in [-0.2, 0) is 15.4 Å². The molecule has 0 unspecified atom stereocenters. The van der Waals surface area contributed by atoms with Crippen molar-refractivity contribution < 1.29 is 13.5 Å². The Balaban J connectivity index is 1.46. The zero-order valence-corrected chi connectivity index (χ0v) is 16.3. The highest BCUT2D eigenvalue weighted by Crippen LogP contribution is 2.48. The number of aliphatic hydroxyl groups is 1. The molecule has 3 atom stereocenters. The largest absolute Gasteiger partial charge is 0.385 e. The van der Waals surface area contributed by atoms with Gasteiger partial charge in [0.25, 0.3) is 0 Å². The first-order chi connectivity index (χ1) is 13.0. The summed E-state index contributed by atoms with van der Waals surface area (Å²) in [5, 5.41) is 11.5. The molecule has 1 saturated heterocycles. The van der Waals surface area contributed by atoms with Crippen LogP contribution in [-0.4, -0.2) is 43.8 Å². The number of rotatable bonds is 5. The predicted molar refractivity (Wildman–Crippen MR) is 106 cm³/mol. The highest BCUT2D eigenvalue weighted by molar-refractivity contribution is 7.91. The molecular weight excluding hydrogens is 358 g/mol. The van der Waals surface area contributed by atoms with E-state index in [2.05, 4.69) is 4.90 Å². The Hall–Kier alpha value is -1.69. The van der Waals surface area contributed by atoms with Crippen molar-refractivity contribution in [3.63, 3.8) is 0 Å². The summed E-state index contributed by atoms with van der Waals surface area (Å²) in [4.78, 5) is 2.62. The zero-order chi connectivity index (χ0) is 18.9. The van der Waals surface area contributed by atoms with Crippen molar-refractivity contribution >= 4 is 9.84 Å². The van der Waals surface area contributed by atoms with Gasteiger partial charge < -0.3 is 10.0 Å². The molecule has 0 radical (unpaired) electrons. The molecule has 4 nitrogen and oxygen atoms in total. The van der Waals surface area contributed by atoms with Gasteiger partial charge in [0.2, 0.25) is 0 Å². The summed E-state index contributed by atoms with van der Waals surface area (Å²) < 4.78 is 25.2. The van der Waals surface area contributed by atoms with Crippen LogP contribution in [0, 0.1) is 11.8 Å². The lowest BCUT2D eigenvalue weighted by atomic mass is 9.67. The molecule has 0 spiro atoms. The first kappa shape index (κ1) is 18.7. The number of nitrogens with zero attached hydrogens (tertiary/aromatic N) is 1. The number of sulfone groups is 1. The average Bonchev–Trinajstić information content (AvgIpc) is 3.13. The van der Waals surface area contributed by atoms with Gasteiger partial charge in [-0.05, 0) is 42.9 Å². The minimum absolute atomic E-state index is 0.125. The van der Waals surface area contributed by atoms with E-state index < -0.39 is 15.4 Å². The van der Waals surface area contributed by atoms with Gasteiger partial charge in [-0.2, -0.15) is 0 Å². The summed E-state index contributed by atoms with van der Waals surface area (Å²) in [6.45, 7) is 2.17. The van der Waals surface area contributed by atoms with E-state index in [-0.39, 0.29) is 11.7 Å². The average molecular weight is 386 g/mol. The second kappa shape index (κ2) is 7.38. The van der Waals surface area contributed by atoms with Crippen LogP contribution in [0.3, 0.4) is 0 Å². The first-order valence-corrected chi connectivity index (χ1v) is 11.4. The van der Waals surface area contributed by atoms with Gasteiger partial charge in [-0.25, -0.2) is 8.42 Å². The highest BCUT2D eigenvalue weighted by atomic mass is 32.2. The van der Waals surface area contributed by atoms with E-state index in [9.17, 15) is 13.5 Å². The lowest BCUT2D eigenvalue weighted by Gasteiger charge is -2.41. The molecule has 0 bridgehead atoms. The Morgan fingerprint density at radius 1 is 1.00 bits per heavy atom. The topological polar surface area (TPSA) is 57.6 Å².